The molecule has 1 aliphatic rings. The van der Waals surface area contributed by atoms with E-state index in [1.54, 1.807) is 0 Å². The van der Waals surface area contributed by atoms with Crippen molar-refractivity contribution in [1.29, 1.82) is 0 Å². The van der Waals surface area contributed by atoms with Gasteiger partial charge in [-0.2, -0.15) is 0 Å². The molecule has 0 spiro atoms. The van der Waals surface area contributed by atoms with Crippen LogP contribution in [-0.4, -0.2) is 55.2 Å². The second kappa shape index (κ2) is 7.76. The number of ether oxygens (including phenoxy) is 1. The number of hydrogen-bond acceptors (Lipinski definition) is 4. The first-order chi connectivity index (χ1) is 7.77. The van der Waals surface area contributed by atoms with Gasteiger partial charge in [0.15, 0.2) is 0 Å². The zero-order valence-corrected chi connectivity index (χ0v) is 10.2. The van der Waals surface area contributed by atoms with E-state index in [-0.39, 0.29) is 12.5 Å². The minimum Gasteiger partial charge on any atom is -0.395 e. The van der Waals surface area contributed by atoms with E-state index in [4.69, 9.17) is 9.84 Å². The molecule has 16 heavy (non-hydrogen) atoms. The molecule has 0 aromatic heterocycles. The Labute approximate surface area is 97.6 Å². The van der Waals surface area contributed by atoms with Gasteiger partial charge in [0.05, 0.1) is 25.7 Å². The molecule has 0 aromatic carbocycles. The van der Waals surface area contributed by atoms with Gasteiger partial charge >= 0.3 is 0 Å². The van der Waals surface area contributed by atoms with E-state index >= 15 is 0 Å². The number of Topliss-reactive ketones (excluding diaryl/α,β-unsaturated/α-hetero) is 1. The smallest absolute Gasteiger partial charge is 0.141 e. The third-order valence-corrected chi connectivity index (χ3v) is 2.99. The summed E-state index contributed by atoms with van der Waals surface area (Å²) >= 11 is 0. The maximum Gasteiger partial charge on any atom is 0.141 e. The zero-order chi connectivity index (χ0) is 11.8. The maximum absolute atomic E-state index is 11.6. The number of carbonyl (C=O) groups excluding carboxylic acids is 1. The zero-order valence-electron chi connectivity index (χ0n) is 10.2. The number of unbranched alkanes of at least 4 members (excludes halogenated alkanes) is 1. The van der Waals surface area contributed by atoms with Crippen molar-refractivity contribution in [3.63, 3.8) is 0 Å². The van der Waals surface area contributed by atoms with E-state index in [2.05, 4.69) is 11.8 Å². The van der Waals surface area contributed by atoms with Crippen LogP contribution in [0.15, 0.2) is 0 Å². The molecule has 1 aliphatic heterocycles. The van der Waals surface area contributed by atoms with Crippen molar-refractivity contribution in [2.75, 3.05) is 39.5 Å². The van der Waals surface area contributed by atoms with Crippen molar-refractivity contribution >= 4 is 5.78 Å². The molecule has 4 heteroatoms. The fourth-order valence-corrected chi connectivity index (χ4v) is 1.98. The van der Waals surface area contributed by atoms with E-state index in [0.29, 0.717) is 32.0 Å². The van der Waals surface area contributed by atoms with Gasteiger partial charge in [0.25, 0.3) is 0 Å². The lowest BCUT2D eigenvalue weighted by Crippen LogP contribution is -2.40. The number of ketones is 1. The predicted molar refractivity (Wildman–Crippen MR) is 62.4 cm³/mol. The second-order valence-electron chi connectivity index (χ2n) is 4.37. The van der Waals surface area contributed by atoms with Gasteiger partial charge in [0.1, 0.15) is 5.78 Å². The van der Waals surface area contributed by atoms with Crippen molar-refractivity contribution in [2.24, 2.45) is 5.92 Å². The number of carbonyl (C=O) groups is 1. The van der Waals surface area contributed by atoms with Crippen LogP contribution in [0.4, 0.5) is 0 Å². The van der Waals surface area contributed by atoms with Gasteiger partial charge < -0.3 is 14.7 Å². The molecule has 1 saturated heterocycles. The third kappa shape index (κ3) is 4.60. The van der Waals surface area contributed by atoms with Crippen molar-refractivity contribution in [1.82, 2.24) is 4.90 Å². The van der Waals surface area contributed by atoms with Crippen molar-refractivity contribution in [2.45, 2.75) is 26.2 Å². The summed E-state index contributed by atoms with van der Waals surface area (Å²) in [6.45, 7) is 5.78. The molecule has 1 rings (SSSR count). The molecule has 0 aromatic rings. The first-order valence-electron chi connectivity index (χ1n) is 6.21. The van der Waals surface area contributed by atoms with Crippen molar-refractivity contribution in [3.05, 3.63) is 0 Å². The Morgan fingerprint density at radius 2 is 2.31 bits per heavy atom. The van der Waals surface area contributed by atoms with E-state index in [0.717, 1.165) is 25.9 Å². The van der Waals surface area contributed by atoms with Crippen LogP contribution in [0.1, 0.15) is 26.2 Å². The summed E-state index contributed by atoms with van der Waals surface area (Å²) in [5.74, 6) is 0.322. The predicted octanol–water partition coefficient (Wildman–Crippen LogP) is 0.686. The van der Waals surface area contributed by atoms with Gasteiger partial charge in [-0.1, -0.05) is 13.3 Å². The van der Waals surface area contributed by atoms with E-state index in [1.807, 2.05) is 0 Å². The highest BCUT2D eigenvalue weighted by Crippen LogP contribution is 2.12. The maximum atomic E-state index is 11.6. The molecular weight excluding hydrogens is 206 g/mol. The third-order valence-electron chi connectivity index (χ3n) is 2.99. The molecule has 1 unspecified atom stereocenters. The van der Waals surface area contributed by atoms with E-state index < -0.39 is 0 Å². The Morgan fingerprint density at radius 3 is 2.94 bits per heavy atom. The van der Waals surface area contributed by atoms with Gasteiger partial charge in [0.2, 0.25) is 0 Å². The monoisotopic (exact) mass is 229 g/mol. The van der Waals surface area contributed by atoms with E-state index in [1.165, 1.54) is 0 Å². The molecular formula is C12H23NO3. The molecule has 94 valence electrons. The van der Waals surface area contributed by atoms with Crippen LogP contribution in [0.5, 0.6) is 0 Å². The Kier molecular flexibility index (Phi) is 6.61. The summed E-state index contributed by atoms with van der Waals surface area (Å²) in [7, 11) is 0. The van der Waals surface area contributed by atoms with Crippen LogP contribution in [0.2, 0.25) is 0 Å². The first-order valence-corrected chi connectivity index (χ1v) is 6.21. The number of aliphatic hydroxyl groups is 1. The fourth-order valence-electron chi connectivity index (χ4n) is 1.98. The van der Waals surface area contributed by atoms with Crippen LogP contribution in [0.3, 0.4) is 0 Å². The summed E-state index contributed by atoms with van der Waals surface area (Å²) < 4.78 is 5.33. The molecule has 0 saturated carbocycles. The summed E-state index contributed by atoms with van der Waals surface area (Å²) in [5.41, 5.74) is 0. The van der Waals surface area contributed by atoms with Gasteiger partial charge in [-0.25, -0.2) is 0 Å². The van der Waals surface area contributed by atoms with Crippen molar-refractivity contribution in [3.8, 4) is 0 Å². The average molecular weight is 229 g/mol. The summed E-state index contributed by atoms with van der Waals surface area (Å²) in [5, 5.41) is 8.97. The Hall–Kier alpha value is -0.450. The van der Waals surface area contributed by atoms with Gasteiger partial charge in [-0.05, 0) is 13.0 Å². The van der Waals surface area contributed by atoms with Crippen LogP contribution in [0.25, 0.3) is 0 Å². The Balaban J connectivity index is 2.36. The highest BCUT2D eigenvalue weighted by atomic mass is 16.5. The minimum atomic E-state index is 0.0113. The number of aliphatic hydroxyl groups excluding tert-OH is 1. The standard InChI is InChI=1S/C12H23NO3/c1-2-3-5-13(6-7-14)9-11-10-16-8-4-12(11)15/h11,14H,2-10H2,1H3. The van der Waals surface area contributed by atoms with Gasteiger partial charge in [-0.15, -0.1) is 0 Å². The Morgan fingerprint density at radius 1 is 1.50 bits per heavy atom. The van der Waals surface area contributed by atoms with Crippen LogP contribution in [0, 0.1) is 5.92 Å². The average Bonchev–Trinajstić information content (AvgIpc) is 2.29. The Bertz CT molecular complexity index is 208. The lowest BCUT2D eigenvalue weighted by Gasteiger charge is -2.28. The summed E-state index contributed by atoms with van der Waals surface area (Å²) in [4.78, 5) is 13.8. The highest BCUT2D eigenvalue weighted by molar-refractivity contribution is 5.82. The molecule has 1 N–H and O–H groups in total. The molecule has 0 radical (unpaired) electrons. The fraction of sp³-hybridized carbons (Fsp3) is 0.917. The summed E-state index contributed by atoms with van der Waals surface area (Å²) in [6, 6.07) is 0. The normalized spacial score (nSPS) is 21.7. The lowest BCUT2D eigenvalue weighted by atomic mass is 10.00. The number of rotatable bonds is 7. The number of hydrogen-bond donors (Lipinski definition) is 1. The van der Waals surface area contributed by atoms with Crippen molar-refractivity contribution < 1.29 is 14.6 Å². The highest BCUT2D eigenvalue weighted by Gasteiger charge is 2.24. The van der Waals surface area contributed by atoms with Crippen LogP contribution >= 0.6 is 0 Å². The summed E-state index contributed by atoms with van der Waals surface area (Å²) in [6.07, 6.45) is 2.80. The van der Waals surface area contributed by atoms with E-state index in [9.17, 15) is 4.79 Å². The number of nitrogens with zero attached hydrogens (tertiary/aromatic N) is 1. The SMILES string of the molecule is CCCCN(CCO)CC1COCCC1=O. The van der Waals surface area contributed by atoms with Gasteiger partial charge in [0, 0.05) is 19.5 Å². The van der Waals surface area contributed by atoms with Crippen LogP contribution < -0.4 is 0 Å². The molecule has 1 atom stereocenters. The minimum absolute atomic E-state index is 0.0113. The molecule has 4 nitrogen and oxygen atoms in total. The molecule has 0 amide bonds. The van der Waals surface area contributed by atoms with Gasteiger partial charge in [-0.3, -0.25) is 4.79 Å². The molecule has 0 bridgehead atoms. The molecule has 1 heterocycles. The first kappa shape index (κ1) is 13.6. The largest absolute Gasteiger partial charge is 0.395 e. The molecule has 0 aliphatic carbocycles. The molecule has 1 fully saturated rings. The topological polar surface area (TPSA) is 49.8 Å². The quantitative estimate of drug-likeness (QED) is 0.697. The lowest BCUT2D eigenvalue weighted by molar-refractivity contribution is -0.131. The van der Waals surface area contributed by atoms with Crippen LogP contribution in [-0.2, 0) is 9.53 Å². The second-order valence-corrected chi connectivity index (χ2v) is 4.37.